The summed E-state index contributed by atoms with van der Waals surface area (Å²) in [5, 5.41) is 4.41. The molecule has 0 heterocycles. The number of esters is 4. The van der Waals surface area contributed by atoms with Gasteiger partial charge in [-0.15, -0.1) is 0 Å². The zero-order valence-corrected chi connectivity index (χ0v) is 17.7. The van der Waals surface area contributed by atoms with Crippen LogP contribution in [0.4, 0.5) is 0 Å². The van der Waals surface area contributed by atoms with Crippen LogP contribution >= 0.6 is 25.3 Å². The maximum atomic E-state index is 11.9. The van der Waals surface area contributed by atoms with Crippen molar-refractivity contribution in [2.75, 3.05) is 24.6 Å². The van der Waals surface area contributed by atoms with Gasteiger partial charge in [0.1, 0.15) is 18.1 Å². The highest BCUT2D eigenvalue weighted by atomic mass is 32.1. The van der Waals surface area contributed by atoms with Gasteiger partial charge in [0, 0.05) is 17.9 Å². The molecule has 8 N–H and O–H groups in total. The summed E-state index contributed by atoms with van der Waals surface area (Å²) in [5.41, 5.74) is 15.8. The number of ether oxygens (including phenoxy) is 2. The molecule has 0 saturated heterocycles. The summed E-state index contributed by atoms with van der Waals surface area (Å²) in [5.74, 6) is -5.93. The van der Waals surface area contributed by atoms with Crippen LogP contribution in [0.1, 0.15) is 12.8 Å². The van der Waals surface area contributed by atoms with E-state index in [0.717, 1.165) is 0 Å². The Morgan fingerprint density at radius 3 is 1.60 bits per heavy atom. The van der Waals surface area contributed by atoms with Gasteiger partial charge in [0.15, 0.2) is 0 Å². The molecule has 15 heteroatoms. The molecule has 0 bridgehead atoms. The smallest absolute Gasteiger partial charge is 0.337 e. The van der Waals surface area contributed by atoms with Crippen molar-refractivity contribution in [2.24, 2.45) is 17.2 Å². The topological polar surface area (TPSA) is 223 Å². The molecule has 0 saturated carbocycles. The van der Waals surface area contributed by atoms with E-state index in [0.29, 0.717) is 0 Å². The van der Waals surface area contributed by atoms with E-state index in [2.05, 4.69) is 45.4 Å². The third-order valence-electron chi connectivity index (χ3n) is 3.35. The van der Waals surface area contributed by atoms with Crippen molar-refractivity contribution >= 4 is 60.9 Å². The highest BCUT2D eigenvalue weighted by Crippen LogP contribution is 2.03. The Balaban J connectivity index is 4.54. The average Bonchev–Trinajstić information content (AvgIpc) is 2.72. The lowest BCUT2D eigenvalue weighted by molar-refractivity contribution is -0.162. The first-order valence-corrected chi connectivity index (χ1v) is 9.82. The molecule has 0 aliphatic heterocycles. The maximum Gasteiger partial charge on any atom is 0.337 e. The van der Waals surface area contributed by atoms with E-state index in [9.17, 15) is 28.8 Å². The van der Waals surface area contributed by atoms with Crippen molar-refractivity contribution in [3.63, 3.8) is 0 Å². The number of thiol groups is 2. The predicted molar refractivity (Wildman–Crippen MR) is 109 cm³/mol. The van der Waals surface area contributed by atoms with Crippen molar-refractivity contribution in [2.45, 2.75) is 31.0 Å². The van der Waals surface area contributed by atoms with Crippen LogP contribution in [0.25, 0.3) is 0 Å². The second kappa shape index (κ2) is 14.7. The summed E-state index contributed by atoms with van der Waals surface area (Å²) in [4.78, 5) is 69.7. The molecule has 0 aromatic carbocycles. The van der Waals surface area contributed by atoms with Crippen molar-refractivity contribution in [1.82, 2.24) is 10.6 Å². The third kappa shape index (κ3) is 10.5. The first-order valence-electron chi connectivity index (χ1n) is 8.55. The highest BCUT2D eigenvalue weighted by Gasteiger charge is 2.27. The van der Waals surface area contributed by atoms with Gasteiger partial charge < -0.3 is 37.3 Å². The van der Waals surface area contributed by atoms with E-state index < -0.39 is 60.2 Å². The normalized spacial score (nSPS) is 13.4. The Hall–Kier alpha value is -2.20. The average molecular weight is 468 g/mol. The number of hydrogen-bond acceptors (Lipinski definition) is 13. The van der Waals surface area contributed by atoms with Gasteiger partial charge in [0.25, 0.3) is 0 Å². The van der Waals surface area contributed by atoms with Crippen LogP contribution in [0.2, 0.25) is 0 Å². The fourth-order valence-electron chi connectivity index (χ4n) is 1.74. The molecular formula is C15H25N5O8S2. The number of hydrogen-bond donors (Lipinski definition) is 7. The van der Waals surface area contributed by atoms with Gasteiger partial charge in [-0.05, 0) is 6.42 Å². The SMILES string of the molecule is NCC(=O)NC(CS)C(=O)OC(=O)CCC(N)C(=O)OC(=O)C(CS)NC(=O)CN. The predicted octanol–water partition coefficient (Wildman–Crippen LogP) is -4.02. The first-order chi connectivity index (χ1) is 14.1. The largest absolute Gasteiger partial charge is 0.392 e. The molecule has 3 unspecified atom stereocenters. The third-order valence-corrected chi connectivity index (χ3v) is 4.08. The van der Waals surface area contributed by atoms with Gasteiger partial charge in [0.05, 0.1) is 13.1 Å². The maximum absolute atomic E-state index is 11.9. The minimum atomic E-state index is -1.39. The Morgan fingerprint density at radius 1 is 0.767 bits per heavy atom. The van der Waals surface area contributed by atoms with Crippen LogP contribution in [-0.2, 0) is 38.2 Å². The quantitative estimate of drug-likeness (QED) is 0.0831. The molecule has 0 fully saturated rings. The Kier molecular flexibility index (Phi) is 13.7. The van der Waals surface area contributed by atoms with E-state index >= 15 is 0 Å². The van der Waals surface area contributed by atoms with Gasteiger partial charge in [-0.3, -0.25) is 14.4 Å². The Labute approximate surface area is 182 Å². The number of carbonyl (C=O) groups is 6. The molecule has 3 atom stereocenters. The lowest BCUT2D eigenvalue weighted by Crippen LogP contribution is -2.47. The van der Waals surface area contributed by atoms with Gasteiger partial charge in [-0.1, -0.05) is 0 Å². The fourth-order valence-corrected chi connectivity index (χ4v) is 2.22. The standard InChI is InChI=1S/C15H25N5O8S2/c16-3-10(21)19-8(5-29)14(25)27-12(23)2-1-7(18)13(24)28-15(26)9(6-30)20-11(22)4-17/h7-9,29-30H,1-6,16-18H2,(H,19,21)(H,20,22). The van der Waals surface area contributed by atoms with Crippen molar-refractivity contribution in [3.05, 3.63) is 0 Å². The summed E-state index contributed by atoms with van der Waals surface area (Å²) in [6, 6.07) is -3.79. The number of nitrogens with two attached hydrogens (primary N) is 3. The lowest BCUT2D eigenvalue weighted by Gasteiger charge is -2.16. The Bertz CT molecular complexity index is 663. The minimum absolute atomic E-state index is 0.140. The number of amides is 2. The van der Waals surface area contributed by atoms with Crippen LogP contribution in [0.3, 0.4) is 0 Å². The van der Waals surface area contributed by atoms with Gasteiger partial charge in [-0.2, -0.15) is 25.3 Å². The van der Waals surface area contributed by atoms with E-state index in [1.807, 2.05) is 0 Å². The number of nitrogens with one attached hydrogen (secondary N) is 2. The van der Waals surface area contributed by atoms with Gasteiger partial charge in [-0.25, -0.2) is 14.4 Å². The monoisotopic (exact) mass is 467 g/mol. The second-order valence-electron chi connectivity index (χ2n) is 5.69. The van der Waals surface area contributed by atoms with Crippen molar-refractivity contribution in [1.29, 1.82) is 0 Å². The van der Waals surface area contributed by atoms with E-state index in [1.165, 1.54) is 0 Å². The molecular weight excluding hydrogens is 442 g/mol. The molecule has 0 spiro atoms. The van der Waals surface area contributed by atoms with E-state index in [4.69, 9.17) is 17.2 Å². The lowest BCUT2D eigenvalue weighted by atomic mass is 10.1. The highest BCUT2D eigenvalue weighted by molar-refractivity contribution is 7.80. The van der Waals surface area contributed by atoms with Gasteiger partial charge >= 0.3 is 23.9 Å². The van der Waals surface area contributed by atoms with Crippen LogP contribution in [0.5, 0.6) is 0 Å². The molecule has 13 nitrogen and oxygen atoms in total. The molecule has 170 valence electrons. The molecule has 2 amide bonds. The molecule has 30 heavy (non-hydrogen) atoms. The summed E-state index contributed by atoms with van der Waals surface area (Å²) < 4.78 is 9.09. The fraction of sp³-hybridized carbons (Fsp3) is 0.600. The van der Waals surface area contributed by atoms with Crippen molar-refractivity contribution < 1.29 is 38.2 Å². The summed E-state index contributed by atoms with van der Waals surface area (Å²) >= 11 is 7.73. The summed E-state index contributed by atoms with van der Waals surface area (Å²) in [6.07, 6.45) is -0.764. The number of carbonyl (C=O) groups excluding carboxylic acids is 6. The molecule has 0 aliphatic carbocycles. The van der Waals surface area contributed by atoms with Crippen LogP contribution in [0, 0.1) is 0 Å². The second-order valence-corrected chi connectivity index (χ2v) is 6.42. The zero-order valence-electron chi connectivity index (χ0n) is 15.9. The zero-order chi connectivity index (χ0) is 23.3. The summed E-state index contributed by atoms with van der Waals surface area (Å²) in [7, 11) is 0. The van der Waals surface area contributed by atoms with Crippen molar-refractivity contribution in [3.8, 4) is 0 Å². The van der Waals surface area contributed by atoms with Gasteiger partial charge in [0.2, 0.25) is 11.8 Å². The molecule has 0 rings (SSSR count). The summed E-state index contributed by atoms with van der Waals surface area (Å²) in [6.45, 7) is -0.749. The minimum Gasteiger partial charge on any atom is -0.392 e. The molecule has 0 aliphatic rings. The Morgan fingerprint density at radius 2 is 1.20 bits per heavy atom. The molecule has 0 aromatic rings. The van der Waals surface area contributed by atoms with E-state index in [1.54, 1.807) is 0 Å². The molecule has 0 radical (unpaired) electrons. The van der Waals surface area contributed by atoms with Crippen LogP contribution < -0.4 is 27.8 Å². The van der Waals surface area contributed by atoms with E-state index in [-0.39, 0.29) is 31.0 Å². The molecule has 0 aromatic heterocycles. The first kappa shape index (κ1) is 27.8. The van der Waals surface area contributed by atoms with Crippen LogP contribution in [0.15, 0.2) is 0 Å². The van der Waals surface area contributed by atoms with Crippen LogP contribution in [-0.4, -0.2) is 78.4 Å². The number of rotatable bonds is 12.